The molecule has 0 saturated heterocycles. The summed E-state index contributed by atoms with van der Waals surface area (Å²) in [5.41, 5.74) is -0.531. The van der Waals surface area contributed by atoms with E-state index in [9.17, 15) is 29.8 Å². The fourth-order valence-electron chi connectivity index (χ4n) is 2.44. The molecule has 30 heavy (non-hydrogen) atoms. The summed E-state index contributed by atoms with van der Waals surface area (Å²) in [5.74, 6) is -1.81. The van der Waals surface area contributed by atoms with Crippen LogP contribution in [0.1, 0.15) is 15.9 Å². The maximum Gasteiger partial charge on any atom is 0.345 e. The topological polar surface area (TPSA) is 160 Å². The van der Waals surface area contributed by atoms with Crippen LogP contribution in [0.3, 0.4) is 0 Å². The zero-order valence-corrected chi connectivity index (χ0v) is 16.2. The van der Waals surface area contributed by atoms with Gasteiger partial charge < -0.3 is 19.5 Å². The Morgan fingerprint density at radius 3 is 2.20 bits per heavy atom. The first-order valence-electron chi connectivity index (χ1n) is 8.30. The first-order valence-corrected chi connectivity index (χ1v) is 8.30. The number of nitro groups is 2. The number of esters is 1. The van der Waals surface area contributed by atoms with E-state index in [1.807, 2.05) is 0 Å². The smallest absolute Gasteiger partial charge is 0.345 e. The minimum absolute atomic E-state index is 0.0413. The van der Waals surface area contributed by atoms with E-state index in [2.05, 4.69) is 5.32 Å². The molecule has 0 fully saturated rings. The van der Waals surface area contributed by atoms with Crippen LogP contribution in [-0.2, 0) is 9.53 Å². The van der Waals surface area contributed by atoms with Crippen molar-refractivity contribution in [3.05, 3.63) is 61.7 Å². The summed E-state index contributed by atoms with van der Waals surface area (Å²) in [5, 5.41) is 24.5. The molecule has 2 aromatic carbocycles. The molecule has 0 unspecified atom stereocenters. The third kappa shape index (κ3) is 4.98. The molecule has 2 aromatic rings. The lowest BCUT2D eigenvalue weighted by Crippen LogP contribution is -2.22. The van der Waals surface area contributed by atoms with Crippen molar-refractivity contribution in [3.8, 4) is 11.5 Å². The van der Waals surface area contributed by atoms with Crippen molar-refractivity contribution in [1.82, 2.24) is 0 Å². The highest BCUT2D eigenvalue weighted by molar-refractivity contribution is 5.98. The second kappa shape index (κ2) is 9.32. The molecule has 0 spiro atoms. The van der Waals surface area contributed by atoms with Gasteiger partial charge in [0.25, 0.3) is 17.3 Å². The number of carbonyl (C=O) groups is 2. The van der Waals surface area contributed by atoms with Crippen molar-refractivity contribution in [3.63, 3.8) is 0 Å². The second-order valence-electron chi connectivity index (χ2n) is 5.86. The van der Waals surface area contributed by atoms with Gasteiger partial charge in [0, 0.05) is 18.2 Å². The number of hydrogen-bond acceptors (Lipinski definition) is 9. The highest BCUT2D eigenvalue weighted by Gasteiger charge is 2.26. The Balaban J connectivity index is 2.16. The summed E-state index contributed by atoms with van der Waals surface area (Å²) in [7, 11) is 2.56. The van der Waals surface area contributed by atoms with Crippen molar-refractivity contribution in [2.24, 2.45) is 0 Å². The predicted molar refractivity (Wildman–Crippen MR) is 103 cm³/mol. The van der Waals surface area contributed by atoms with Gasteiger partial charge in [-0.3, -0.25) is 25.0 Å². The largest absolute Gasteiger partial charge is 0.493 e. The van der Waals surface area contributed by atoms with E-state index < -0.39 is 39.6 Å². The minimum atomic E-state index is -1.13. The van der Waals surface area contributed by atoms with Gasteiger partial charge in [0.1, 0.15) is 5.56 Å². The number of carbonyl (C=O) groups excluding carboxylic acids is 2. The number of benzene rings is 2. The predicted octanol–water partition coefficient (Wildman–Crippen LogP) is 2.62. The summed E-state index contributed by atoms with van der Waals surface area (Å²) < 4.78 is 14.8. The first-order chi connectivity index (χ1) is 14.2. The van der Waals surface area contributed by atoms with E-state index in [0.717, 1.165) is 18.2 Å². The van der Waals surface area contributed by atoms with Crippen molar-refractivity contribution in [2.45, 2.75) is 6.92 Å². The van der Waals surface area contributed by atoms with Crippen LogP contribution in [0.15, 0.2) is 30.3 Å². The number of nitrogens with one attached hydrogen (secondary N) is 1. The average molecular weight is 419 g/mol. The van der Waals surface area contributed by atoms with Gasteiger partial charge in [-0.25, -0.2) is 4.79 Å². The molecule has 2 rings (SSSR count). The molecule has 0 aliphatic rings. The van der Waals surface area contributed by atoms with Gasteiger partial charge in [0.15, 0.2) is 18.1 Å². The van der Waals surface area contributed by atoms with Crippen LogP contribution in [0.25, 0.3) is 0 Å². The van der Waals surface area contributed by atoms with E-state index in [-0.39, 0.29) is 22.9 Å². The summed E-state index contributed by atoms with van der Waals surface area (Å²) >= 11 is 0. The molecule has 12 heteroatoms. The number of amides is 1. The lowest BCUT2D eigenvalue weighted by atomic mass is 10.1. The van der Waals surface area contributed by atoms with Crippen LogP contribution >= 0.6 is 0 Å². The molecule has 0 aromatic heterocycles. The molecule has 0 heterocycles. The van der Waals surface area contributed by atoms with Crippen LogP contribution in [0.2, 0.25) is 0 Å². The Labute approximate surface area is 169 Å². The number of nitrogens with zero attached hydrogens (tertiary/aromatic N) is 2. The first kappa shape index (κ1) is 22.1. The Hall–Kier alpha value is -4.22. The number of hydrogen-bond donors (Lipinski definition) is 1. The molecule has 12 nitrogen and oxygen atoms in total. The van der Waals surface area contributed by atoms with Gasteiger partial charge in [-0.1, -0.05) is 6.07 Å². The summed E-state index contributed by atoms with van der Waals surface area (Å²) in [6.07, 6.45) is 0. The third-order valence-corrected chi connectivity index (χ3v) is 3.96. The van der Waals surface area contributed by atoms with Crippen molar-refractivity contribution < 1.29 is 33.6 Å². The second-order valence-corrected chi connectivity index (χ2v) is 5.86. The van der Waals surface area contributed by atoms with Crippen molar-refractivity contribution in [1.29, 1.82) is 0 Å². The van der Waals surface area contributed by atoms with E-state index >= 15 is 0 Å². The molecule has 0 aliphatic heterocycles. The minimum Gasteiger partial charge on any atom is -0.493 e. The van der Waals surface area contributed by atoms with Crippen molar-refractivity contribution >= 4 is 28.9 Å². The van der Waals surface area contributed by atoms with E-state index in [1.165, 1.54) is 26.4 Å². The molecule has 0 atom stereocenters. The Bertz CT molecular complexity index is 1020. The molecular formula is C18H17N3O9. The lowest BCUT2D eigenvalue weighted by Gasteiger charge is -2.11. The zero-order valence-electron chi connectivity index (χ0n) is 16.2. The number of anilines is 1. The average Bonchev–Trinajstić information content (AvgIpc) is 2.72. The number of non-ortho nitro benzene ring substituents is 1. The third-order valence-electron chi connectivity index (χ3n) is 3.96. The zero-order chi connectivity index (χ0) is 22.4. The SMILES string of the molecule is COc1cc(C(=O)OCC(=O)Nc2cc([N+](=O)[O-])ccc2C)c([N+](=O)[O-])cc1OC. The molecule has 0 bridgehead atoms. The van der Waals surface area contributed by atoms with Gasteiger partial charge >= 0.3 is 5.97 Å². The maximum atomic E-state index is 12.3. The number of nitro benzene ring substituents is 2. The quantitative estimate of drug-likeness (QED) is 0.385. The van der Waals surface area contributed by atoms with Crippen LogP contribution in [0.4, 0.5) is 17.1 Å². The van der Waals surface area contributed by atoms with E-state index in [4.69, 9.17) is 14.2 Å². The number of ether oxygens (including phenoxy) is 3. The Morgan fingerprint density at radius 2 is 1.63 bits per heavy atom. The van der Waals surface area contributed by atoms with Crippen LogP contribution in [0, 0.1) is 27.2 Å². The summed E-state index contributed by atoms with van der Waals surface area (Å²) in [6.45, 7) is 0.852. The fraction of sp³-hybridized carbons (Fsp3) is 0.222. The molecule has 0 radical (unpaired) electrons. The monoisotopic (exact) mass is 419 g/mol. The number of aryl methyl sites for hydroxylation is 1. The Kier molecular flexibility index (Phi) is 6.86. The fourth-order valence-corrected chi connectivity index (χ4v) is 2.44. The number of rotatable bonds is 8. The lowest BCUT2D eigenvalue weighted by molar-refractivity contribution is -0.385. The molecular weight excluding hydrogens is 402 g/mol. The van der Waals surface area contributed by atoms with E-state index in [1.54, 1.807) is 6.92 Å². The number of methoxy groups -OCH3 is 2. The van der Waals surface area contributed by atoms with Gasteiger partial charge in [-0.05, 0) is 12.5 Å². The Morgan fingerprint density at radius 1 is 1.00 bits per heavy atom. The van der Waals surface area contributed by atoms with Gasteiger partial charge in [-0.2, -0.15) is 0 Å². The van der Waals surface area contributed by atoms with E-state index in [0.29, 0.717) is 5.56 Å². The van der Waals surface area contributed by atoms with Crippen LogP contribution in [-0.4, -0.2) is 42.5 Å². The van der Waals surface area contributed by atoms with Crippen LogP contribution in [0.5, 0.6) is 11.5 Å². The van der Waals surface area contributed by atoms with Crippen LogP contribution < -0.4 is 14.8 Å². The van der Waals surface area contributed by atoms with Gasteiger partial charge in [0.05, 0.1) is 35.8 Å². The standard InChI is InChI=1S/C18H17N3O9/c1-10-4-5-11(20(24)25)6-13(10)19-17(22)9-30-18(23)12-7-15(28-2)16(29-3)8-14(12)21(26)27/h4-8H,9H2,1-3H3,(H,19,22). The highest BCUT2D eigenvalue weighted by atomic mass is 16.6. The normalized spacial score (nSPS) is 10.1. The van der Waals surface area contributed by atoms with Gasteiger partial charge in [-0.15, -0.1) is 0 Å². The molecule has 0 aliphatic carbocycles. The van der Waals surface area contributed by atoms with Crippen molar-refractivity contribution in [2.75, 3.05) is 26.1 Å². The highest BCUT2D eigenvalue weighted by Crippen LogP contribution is 2.34. The molecule has 1 N–H and O–H groups in total. The molecule has 1 amide bonds. The maximum absolute atomic E-state index is 12.3. The summed E-state index contributed by atoms with van der Waals surface area (Å²) in [6, 6.07) is 5.96. The summed E-state index contributed by atoms with van der Waals surface area (Å²) in [4.78, 5) is 45.1. The molecule has 158 valence electrons. The van der Waals surface area contributed by atoms with Gasteiger partial charge in [0.2, 0.25) is 0 Å². The molecule has 0 saturated carbocycles.